The fourth-order valence-electron chi connectivity index (χ4n) is 3.01. The van der Waals surface area contributed by atoms with Crippen molar-refractivity contribution >= 4 is 10.0 Å². The Morgan fingerprint density at radius 1 is 1.27 bits per heavy atom. The summed E-state index contributed by atoms with van der Waals surface area (Å²) in [7, 11) is -3.68. The van der Waals surface area contributed by atoms with Crippen molar-refractivity contribution in [1.29, 1.82) is 0 Å². The summed E-state index contributed by atoms with van der Waals surface area (Å²) in [4.78, 5) is 0.140. The molecule has 0 saturated carbocycles. The Bertz CT molecular complexity index is 764. The van der Waals surface area contributed by atoms with Crippen molar-refractivity contribution in [2.75, 3.05) is 6.54 Å². The van der Waals surface area contributed by atoms with E-state index in [-0.39, 0.29) is 16.8 Å². The van der Waals surface area contributed by atoms with E-state index in [1.807, 2.05) is 0 Å². The Hall–Kier alpha value is -1.73. The molecule has 1 aromatic heterocycles. The second-order valence-corrected chi connectivity index (χ2v) is 7.31. The quantitative estimate of drug-likeness (QED) is 0.871. The van der Waals surface area contributed by atoms with E-state index in [2.05, 4.69) is 5.16 Å². The van der Waals surface area contributed by atoms with Gasteiger partial charge in [0.2, 0.25) is 10.0 Å². The Kier molecular flexibility index (Phi) is 3.78. The normalized spacial score (nSPS) is 19.7. The maximum atomic E-state index is 13.1. The first kappa shape index (κ1) is 15.2. The number of aryl methyl sites for hydroxylation is 2. The van der Waals surface area contributed by atoms with Gasteiger partial charge in [0.15, 0.2) is 5.76 Å². The van der Waals surface area contributed by atoms with Crippen molar-refractivity contribution in [1.82, 2.24) is 9.46 Å². The van der Waals surface area contributed by atoms with Crippen LogP contribution in [0.4, 0.5) is 4.39 Å². The van der Waals surface area contributed by atoms with Crippen molar-refractivity contribution < 1.29 is 17.3 Å². The number of nitrogens with zero attached hydrogens (tertiary/aromatic N) is 2. The van der Waals surface area contributed by atoms with Gasteiger partial charge in [-0.3, -0.25) is 0 Å². The lowest BCUT2D eigenvalue weighted by molar-refractivity contribution is 0.384. The standard InChI is InChI=1S/C15H17FN2O3S/c1-10-15(11(2)21-17-10)22(19,20)18-9-3-4-14(18)12-5-7-13(16)8-6-12/h5-8,14H,3-4,9H2,1-2H3/t14-/m1/s1. The van der Waals surface area contributed by atoms with Crippen LogP contribution in [-0.4, -0.2) is 24.4 Å². The van der Waals surface area contributed by atoms with Gasteiger partial charge >= 0.3 is 0 Å². The average Bonchev–Trinajstić information content (AvgIpc) is 3.07. The molecule has 0 N–H and O–H groups in total. The smallest absolute Gasteiger partial charge is 0.249 e. The molecular weight excluding hydrogens is 307 g/mol. The molecule has 0 bridgehead atoms. The summed E-state index contributed by atoms with van der Waals surface area (Å²) in [6, 6.07) is 5.71. The number of rotatable bonds is 3. The van der Waals surface area contributed by atoms with Crippen LogP contribution in [0, 0.1) is 19.7 Å². The molecule has 0 aliphatic carbocycles. The maximum absolute atomic E-state index is 13.1. The van der Waals surface area contributed by atoms with Gasteiger partial charge in [0.1, 0.15) is 16.4 Å². The summed E-state index contributed by atoms with van der Waals surface area (Å²) in [5.41, 5.74) is 1.16. The zero-order valence-electron chi connectivity index (χ0n) is 12.4. The maximum Gasteiger partial charge on any atom is 0.249 e. The van der Waals surface area contributed by atoms with Crippen LogP contribution in [0.3, 0.4) is 0 Å². The van der Waals surface area contributed by atoms with Crippen LogP contribution in [0.5, 0.6) is 0 Å². The molecule has 1 aromatic carbocycles. The molecule has 3 rings (SSSR count). The third kappa shape index (κ3) is 2.44. The molecule has 7 heteroatoms. The van der Waals surface area contributed by atoms with Crippen molar-refractivity contribution in [3.8, 4) is 0 Å². The first-order chi connectivity index (χ1) is 10.4. The highest BCUT2D eigenvalue weighted by atomic mass is 32.2. The van der Waals surface area contributed by atoms with E-state index in [9.17, 15) is 12.8 Å². The summed E-state index contributed by atoms with van der Waals surface area (Å²) < 4.78 is 45.4. The lowest BCUT2D eigenvalue weighted by Gasteiger charge is -2.24. The van der Waals surface area contributed by atoms with Crippen LogP contribution >= 0.6 is 0 Å². The van der Waals surface area contributed by atoms with Gasteiger partial charge in [-0.25, -0.2) is 12.8 Å². The fourth-order valence-corrected chi connectivity index (χ4v) is 4.98. The molecule has 1 atom stereocenters. The monoisotopic (exact) mass is 324 g/mol. The van der Waals surface area contributed by atoms with Gasteiger partial charge in [-0.1, -0.05) is 17.3 Å². The van der Waals surface area contributed by atoms with Crippen molar-refractivity contribution in [3.05, 3.63) is 47.1 Å². The van der Waals surface area contributed by atoms with E-state index in [0.29, 0.717) is 24.4 Å². The van der Waals surface area contributed by atoms with Crippen molar-refractivity contribution in [2.24, 2.45) is 0 Å². The Morgan fingerprint density at radius 3 is 2.55 bits per heavy atom. The van der Waals surface area contributed by atoms with Crippen LogP contribution in [0.15, 0.2) is 33.7 Å². The zero-order valence-corrected chi connectivity index (χ0v) is 13.2. The van der Waals surface area contributed by atoms with Gasteiger partial charge in [0, 0.05) is 6.54 Å². The van der Waals surface area contributed by atoms with Gasteiger partial charge in [-0.2, -0.15) is 4.31 Å². The molecule has 0 amide bonds. The topological polar surface area (TPSA) is 63.4 Å². The van der Waals surface area contributed by atoms with Crippen LogP contribution < -0.4 is 0 Å². The summed E-state index contributed by atoms with van der Waals surface area (Å²) in [5, 5.41) is 3.73. The molecule has 2 heterocycles. The second kappa shape index (κ2) is 5.48. The molecule has 2 aromatic rings. The number of aromatic nitrogens is 1. The number of halogens is 1. The van der Waals surface area contributed by atoms with Crippen molar-refractivity contribution in [2.45, 2.75) is 37.6 Å². The highest BCUT2D eigenvalue weighted by Crippen LogP contribution is 2.37. The van der Waals surface area contributed by atoms with E-state index in [1.165, 1.54) is 16.4 Å². The van der Waals surface area contributed by atoms with E-state index < -0.39 is 10.0 Å². The van der Waals surface area contributed by atoms with Gasteiger partial charge < -0.3 is 4.52 Å². The first-order valence-electron chi connectivity index (χ1n) is 7.11. The van der Waals surface area contributed by atoms with Gasteiger partial charge in [-0.15, -0.1) is 0 Å². The largest absolute Gasteiger partial charge is 0.360 e. The van der Waals surface area contributed by atoms with E-state index in [0.717, 1.165) is 12.0 Å². The SMILES string of the molecule is Cc1noc(C)c1S(=O)(=O)N1CCC[C@@H]1c1ccc(F)cc1. The Balaban J connectivity index is 2.01. The minimum absolute atomic E-state index is 0.140. The predicted octanol–water partition coefficient (Wildman–Crippen LogP) is 2.96. The van der Waals surface area contributed by atoms with Crippen LogP contribution in [-0.2, 0) is 10.0 Å². The predicted molar refractivity (Wildman–Crippen MR) is 78.2 cm³/mol. The number of hydrogen-bond donors (Lipinski definition) is 0. The molecule has 1 aliphatic heterocycles. The van der Waals surface area contributed by atoms with Gasteiger partial charge in [0.05, 0.1) is 6.04 Å². The number of sulfonamides is 1. The third-order valence-corrected chi connectivity index (χ3v) is 6.15. The molecule has 1 fully saturated rings. The van der Waals surface area contributed by atoms with Gasteiger partial charge in [-0.05, 0) is 44.4 Å². The Morgan fingerprint density at radius 2 is 1.95 bits per heavy atom. The minimum atomic E-state index is -3.68. The van der Waals surface area contributed by atoms with Crippen LogP contribution in [0.1, 0.15) is 35.9 Å². The highest BCUT2D eigenvalue weighted by molar-refractivity contribution is 7.89. The highest BCUT2D eigenvalue weighted by Gasteiger charge is 2.39. The fraction of sp³-hybridized carbons (Fsp3) is 0.400. The van der Waals surface area contributed by atoms with Crippen LogP contribution in [0.2, 0.25) is 0 Å². The van der Waals surface area contributed by atoms with E-state index >= 15 is 0 Å². The van der Waals surface area contributed by atoms with Crippen LogP contribution in [0.25, 0.3) is 0 Å². The molecule has 0 radical (unpaired) electrons. The summed E-state index contributed by atoms with van der Waals surface area (Å²) in [6.45, 7) is 3.65. The first-order valence-corrected chi connectivity index (χ1v) is 8.55. The third-order valence-electron chi connectivity index (χ3n) is 3.99. The lowest BCUT2D eigenvalue weighted by atomic mass is 10.1. The summed E-state index contributed by atoms with van der Waals surface area (Å²) >= 11 is 0. The van der Waals surface area contributed by atoms with E-state index in [4.69, 9.17) is 4.52 Å². The average molecular weight is 324 g/mol. The summed E-state index contributed by atoms with van der Waals surface area (Å²) in [5.74, 6) is -0.0378. The molecule has 0 unspecified atom stereocenters. The van der Waals surface area contributed by atoms with Crippen molar-refractivity contribution in [3.63, 3.8) is 0 Å². The minimum Gasteiger partial charge on any atom is -0.360 e. The molecule has 1 saturated heterocycles. The lowest BCUT2D eigenvalue weighted by Crippen LogP contribution is -2.31. The molecule has 118 valence electrons. The number of hydrogen-bond acceptors (Lipinski definition) is 4. The zero-order chi connectivity index (χ0) is 15.9. The molecule has 5 nitrogen and oxygen atoms in total. The number of benzene rings is 1. The summed E-state index contributed by atoms with van der Waals surface area (Å²) in [6.07, 6.45) is 1.49. The second-order valence-electron chi connectivity index (χ2n) is 5.48. The Labute approximate surface area is 128 Å². The van der Waals surface area contributed by atoms with Gasteiger partial charge in [0.25, 0.3) is 0 Å². The molecule has 1 aliphatic rings. The molecular formula is C15H17FN2O3S. The molecule has 0 spiro atoms. The molecule has 22 heavy (non-hydrogen) atoms. The van der Waals surface area contributed by atoms with E-state index in [1.54, 1.807) is 26.0 Å².